The standard InChI is InChI=1S/C10H11N5O2/c1-6(2)8-12-5-15(14-8)10-11-4-3-7(13-10)9(16)17/h3-6H,1-2H3,(H,16,17). The van der Waals surface area contributed by atoms with Gasteiger partial charge in [-0.1, -0.05) is 13.8 Å². The van der Waals surface area contributed by atoms with E-state index in [1.165, 1.54) is 23.3 Å². The molecule has 0 aliphatic heterocycles. The van der Waals surface area contributed by atoms with Gasteiger partial charge in [0.05, 0.1) is 0 Å². The Hall–Kier alpha value is -2.31. The summed E-state index contributed by atoms with van der Waals surface area (Å²) in [6.07, 6.45) is 2.85. The van der Waals surface area contributed by atoms with Gasteiger partial charge in [0.15, 0.2) is 11.5 Å². The van der Waals surface area contributed by atoms with Crippen molar-refractivity contribution in [2.24, 2.45) is 0 Å². The molecule has 7 heteroatoms. The highest BCUT2D eigenvalue weighted by Crippen LogP contribution is 2.08. The Labute approximate surface area is 97.2 Å². The third-order valence-corrected chi connectivity index (χ3v) is 2.09. The van der Waals surface area contributed by atoms with E-state index in [9.17, 15) is 4.79 Å². The van der Waals surface area contributed by atoms with E-state index in [2.05, 4.69) is 20.1 Å². The normalized spacial score (nSPS) is 10.8. The van der Waals surface area contributed by atoms with Crippen molar-refractivity contribution in [2.75, 3.05) is 0 Å². The Kier molecular flexibility index (Phi) is 2.82. The zero-order valence-electron chi connectivity index (χ0n) is 9.40. The van der Waals surface area contributed by atoms with Crippen molar-refractivity contribution in [3.05, 3.63) is 30.1 Å². The number of carboxylic acid groups (broad SMARTS) is 1. The maximum atomic E-state index is 10.8. The average molecular weight is 233 g/mol. The molecule has 1 N–H and O–H groups in total. The average Bonchev–Trinajstić information content (AvgIpc) is 2.78. The molecule has 2 aromatic heterocycles. The third-order valence-electron chi connectivity index (χ3n) is 2.09. The van der Waals surface area contributed by atoms with Crippen molar-refractivity contribution < 1.29 is 9.90 Å². The molecular weight excluding hydrogens is 222 g/mol. The maximum Gasteiger partial charge on any atom is 0.354 e. The van der Waals surface area contributed by atoms with Gasteiger partial charge in [0.25, 0.3) is 5.95 Å². The number of rotatable bonds is 3. The van der Waals surface area contributed by atoms with Gasteiger partial charge in [-0.05, 0) is 6.07 Å². The first-order valence-corrected chi connectivity index (χ1v) is 5.06. The Morgan fingerprint density at radius 1 is 1.41 bits per heavy atom. The zero-order valence-corrected chi connectivity index (χ0v) is 9.40. The predicted octanol–water partition coefficient (Wildman–Crippen LogP) is 0.879. The molecule has 2 aromatic rings. The predicted molar refractivity (Wildman–Crippen MR) is 58.0 cm³/mol. The minimum absolute atomic E-state index is 0.0726. The molecule has 2 heterocycles. The van der Waals surface area contributed by atoms with Gasteiger partial charge in [0.2, 0.25) is 0 Å². The Balaban J connectivity index is 2.38. The van der Waals surface area contributed by atoms with Gasteiger partial charge in [0, 0.05) is 12.1 Å². The highest BCUT2D eigenvalue weighted by Gasteiger charge is 2.10. The van der Waals surface area contributed by atoms with Crippen LogP contribution in [0.4, 0.5) is 0 Å². The molecule has 0 saturated heterocycles. The Morgan fingerprint density at radius 3 is 2.76 bits per heavy atom. The number of hydrogen-bond donors (Lipinski definition) is 1. The van der Waals surface area contributed by atoms with E-state index < -0.39 is 5.97 Å². The second kappa shape index (κ2) is 4.28. The van der Waals surface area contributed by atoms with E-state index in [0.29, 0.717) is 5.82 Å². The summed E-state index contributed by atoms with van der Waals surface area (Å²) in [5.41, 5.74) is -0.0726. The van der Waals surface area contributed by atoms with Crippen LogP contribution in [0.5, 0.6) is 0 Å². The first-order chi connectivity index (χ1) is 8.08. The lowest BCUT2D eigenvalue weighted by Crippen LogP contribution is -2.07. The van der Waals surface area contributed by atoms with Gasteiger partial charge < -0.3 is 5.11 Å². The van der Waals surface area contributed by atoms with Crippen LogP contribution in [-0.4, -0.2) is 35.8 Å². The minimum Gasteiger partial charge on any atom is -0.477 e. The number of carbonyl (C=O) groups is 1. The van der Waals surface area contributed by atoms with Crippen molar-refractivity contribution in [2.45, 2.75) is 19.8 Å². The van der Waals surface area contributed by atoms with E-state index in [4.69, 9.17) is 5.11 Å². The molecule has 17 heavy (non-hydrogen) atoms. The number of aromatic nitrogens is 5. The van der Waals surface area contributed by atoms with E-state index in [-0.39, 0.29) is 17.6 Å². The number of hydrogen-bond acceptors (Lipinski definition) is 5. The van der Waals surface area contributed by atoms with Crippen LogP contribution >= 0.6 is 0 Å². The van der Waals surface area contributed by atoms with Crippen LogP contribution in [0.15, 0.2) is 18.6 Å². The lowest BCUT2D eigenvalue weighted by Gasteiger charge is -1.99. The summed E-state index contributed by atoms with van der Waals surface area (Å²) in [6.45, 7) is 3.93. The minimum atomic E-state index is -1.10. The number of nitrogens with zero attached hydrogens (tertiary/aromatic N) is 5. The number of carboxylic acids is 1. The fraction of sp³-hybridized carbons (Fsp3) is 0.300. The van der Waals surface area contributed by atoms with Crippen LogP contribution in [0.3, 0.4) is 0 Å². The first-order valence-electron chi connectivity index (χ1n) is 5.06. The van der Waals surface area contributed by atoms with Crippen molar-refractivity contribution >= 4 is 5.97 Å². The zero-order chi connectivity index (χ0) is 12.4. The molecular formula is C10H11N5O2. The highest BCUT2D eigenvalue weighted by molar-refractivity contribution is 5.85. The summed E-state index contributed by atoms with van der Waals surface area (Å²) in [5.74, 6) is -0.0459. The third kappa shape index (κ3) is 2.27. The van der Waals surface area contributed by atoms with E-state index in [0.717, 1.165) is 0 Å². The molecule has 0 aliphatic rings. The first kappa shape index (κ1) is 11.2. The Bertz CT molecular complexity index is 549. The summed E-state index contributed by atoms with van der Waals surface area (Å²) in [6, 6.07) is 1.33. The second-order valence-electron chi connectivity index (χ2n) is 3.75. The summed E-state index contributed by atoms with van der Waals surface area (Å²) < 4.78 is 1.36. The maximum absolute atomic E-state index is 10.8. The van der Waals surface area contributed by atoms with Crippen LogP contribution in [-0.2, 0) is 0 Å². The van der Waals surface area contributed by atoms with Crippen molar-refractivity contribution in [1.82, 2.24) is 24.7 Å². The molecule has 0 amide bonds. The Morgan fingerprint density at radius 2 is 2.18 bits per heavy atom. The SMILES string of the molecule is CC(C)c1ncn(-c2nccc(C(=O)O)n2)n1. The molecule has 0 aromatic carbocycles. The van der Waals surface area contributed by atoms with Gasteiger partial charge in [-0.25, -0.2) is 19.7 Å². The molecule has 88 valence electrons. The van der Waals surface area contributed by atoms with Crippen LogP contribution in [0.2, 0.25) is 0 Å². The summed E-state index contributed by atoms with van der Waals surface area (Å²) in [7, 11) is 0. The quantitative estimate of drug-likeness (QED) is 0.845. The molecule has 0 fully saturated rings. The van der Waals surface area contributed by atoms with Crippen LogP contribution < -0.4 is 0 Å². The van der Waals surface area contributed by atoms with Crippen LogP contribution in [0.25, 0.3) is 5.95 Å². The molecule has 0 radical (unpaired) electrons. The van der Waals surface area contributed by atoms with E-state index >= 15 is 0 Å². The fourth-order valence-corrected chi connectivity index (χ4v) is 1.21. The molecule has 0 spiro atoms. The van der Waals surface area contributed by atoms with Gasteiger partial charge in [-0.2, -0.15) is 4.68 Å². The smallest absolute Gasteiger partial charge is 0.354 e. The summed E-state index contributed by atoms with van der Waals surface area (Å²) in [5, 5.41) is 13.0. The summed E-state index contributed by atoms with van der Waals surface area (Å²) in [4.78, 5) is 22.7. The van der Waals surface area contributed by atoms with Crippen molar-refractivity contribution in [1.29, 1.82) is 0 Å². The van der Waals surface area contributed by atoms with Crippen molar-refractivity contribution in [3.8, 4) is 5.95 Å². The van der Waals surface area contributed by atoms with Crippen LogP contribution in [0, 0.1) is 0 Å². The fourth-order valence-electron chi connectivity index (χ4n) is 1.21. The monoisotopic (exact) mass is 233 g/mol. The largest absolute Gasteiger partial charge is 0.477 e. The van der Waals surface area contributed by atoms with Gasteiger partial charge in [-0.3, -0.25) is 0 Å². The lowest BCUT2D eigenvalue weighted by molar-refractivity contribution is 0.0690. The second-order valence-corrected chi connectivity index (χ2v) is 3.75. The summed E-state index contributed by atoms with van der Waals surface area (Å²) >= 11 is 0. The lowest BCUT2D eigenvalue weighted by atomic mass is 10.2. The topological polar surface area (TPSA) is 93.8 Å². The molecule has 0 atom stereocenters. The molecule has 0 bridgehead atoms. The van der Waals surface area contributed by atoms with Crippen molar-refractivity contribution in [3.63, 3.8) is 0 Å². The van der Waals surface area contributed by atoms with E-state index in [1.54, 1.807) is 0 Å². The van der Waals surface area contributed by atoms with Gasteiger partial charge in [-0.15, -0.1) is 5.10 Å². The molecule has 0 aliphatic carbocycles. The van der Waals surface area contributed by atoms with Gasteiger partial charge >= 0.3 is 5.97 Å². The molecule has 2 rings (SSSR count). The highest BCUT2D eigenvalue weighted by atomic mass is 16.4. The molecule has 7 nitrogen and oxygen atoms in total. The van der Waals surface area contributed by atoms with E-state index in [1.807, 2.05) is 13.8 Å². The van der Waals surface area contributed by atoms with Crippen LogP contribution in [0.1, 0.15) is 36.1 Å². The molecule has 0 unspecified atom stereocenters. The molecule has 0 saturated carbocycles. The number of aromatic carboxylic acids is 1. The van der Waals surface area contributed by atoms with Gasteiger partial charge in [0.1, 0.15) is 6.33 Å².